The molecular formula is C17H19FN2O4S. The fourth-order valence-corrected chi connectivity index (χ4v) is 4.20. The van der Waals surface area contributed by atoms with Crippen molar-refractivity contribution < 1.29 is 17.5 Å². The summed E-state index contributed by atoms with van der Waals surface area (Å²) in [6.07, 6.45) is -0.318. The Bertz CT molecular complexity index is 949. The van der Waals surface area contributed by atoms with Gasteiger partial charge in [0.05, 0.1) is 18.8 Å². The number of rotatable bonds is 5. The highest BCUT2D eigenvalue weighted by atomic mass is 32.2. The van der Waals surface area contributed by atoms with Gasteiger partial charge in [-0.1, -0.05) is 18.2 Å². The van der Waals surface area contributed by atoms with Gasteiger partial charge >= 0.3 is 0 Å². The average Bonchev–Trinajstić information content (AvgIpc) is 2.50. The van der Waals surface area contributed by atoms with E-state index in [1.807, 2.05) is 0 Å². The third-order valence-electron chi connectivity index (χ3n) is 4.28. The van der Waals surface area contributed by atoms with Crippen molar-refractivity contribution in [2.24, 2.45) is 7.05 Å². The minimum Gasteiger partial charge on any atom is -0.487 e. The van der Waals surface area contributed by atoms with Crippen molar-refractivity contribution in [3.05, 3.63) is 63.8 Å². The average molecular weight is 366 g/mol. The van der Waals surface area contributed by atoms with Crippen LogP contribution in [0.3, 0.4) is 0 Å². The molecule has 6 nitrogen and oxygen atoms in total. The largest absolute Gasteiger partial charge is 0.487 e. The molecule has 0 N–H and O–H groups in total. The minimum absolute atomic E-state index is 0.147. The van der Waals surface area contributed by atoms with Gasteiger partial charge < -0.3 is 9.30 Å². The Morgan fingerprint density at radius 2 is 1.92 bits per heavy atom. The van der Waals surface area contributed by atoms with Crippen molar-refractivity contribution in [2.45, 2.75) is 18.8 Å². The summed E-state index contributed by atoms with van der Waals surface area (Å²) >= 11 is 0. The van der Waals surface area contributed by atoms with Crippen molar-refractivity contribution in [3.8, 4) is 5.75 Å². The maximum Gasteiger partial charge on any atom is 0.254 e. The van der Waals surface area contributed by atoms with Gasteiger partial charge in [0, 0.05) is 24.4 Å². The van der Waals surface area contributed by atoms with E-state index in [1.165, 1.54) is 33.1 Å². The lowest BCUT2D eigenvalue weighted by Gasteiger charge is -2.37. The summed E-state index contributed by atoms with van der Waals surface area (Å²) in [5, 5.41) is 0. The van der Waals surface area contributed by atoms with E-state index in [9.17, 15) is 17.6 Å². The van der Waals surface area contributed by atoms with E-state index in [-0.39, 0.29) is 36.1 Å². The second kappa shape index (κ2) is 6.61. The molecule has 2 aromatic rings. The van der Waals surface area contributed by atoms with E-state index in [0.717, 1.165) is 5.69 Å². The van der Waals surface area contributed by atoms with E-state index in [0.29, 0.717) is 5.75 Å². The molecule has 0 spiro atoms. The molecule has 0 atom stereocenters. The van der Waals surface area contributed by atoms with Crippen LogP contribution in [0.2, 0.25) is 0 Å². The molecule has 0 unspecified atom stereocenters. The SMILES string of the molecule is Cc1cc(OC2CN(S(=O)(=O)Cc3ccccc3F)C2)cc(=O)n1C. The van der Waals surface area contributed by atoms with Gasteiger partial charge in [-0.15, -0.1) is 0 Å². The van der Waals surface area contributed by atoms with E-state index < -0.39 is 15.8 Å². The van der Waals surface area contributed by atoms with E-state index in [4.69, 9.17) is 4.74 Å². The first-order chi connectivity index (χ1) is 11.8. The molecule has 8 heteroatoms. The third-order valence-corrected chi connectivity index (χ3v) is 6.04. The van der Waals surface area contributed by atoms with Crippen LogP contribution in [-0.4, -0.2) is 36.5 Å². The van der Waals surface area contributed by atoms with Gasteiger partial charge in [-0.3, -0.25) is 4.79 Å². The first-order valence-corrected chi connectivity index (χ1v) is 9.43. The number of pyridine rings is 1. The molecule has 3 rings (SSSR count). The normalized spacial score (nSPS) is 15.8. The smallest absolute Gasteiger partial charge is 0.254 e. The van der Waals surface area contributed by atoms with Gasteiger partial charge in [-0.25, -0.2) is 12.8 Å². The summed E-state index contributed by atoms with van der Waals surface area (Å²) in [6.45, 7) is 2.16. The summed E-state index contributed by atoms with van der Waals surface area (Å²) in [6, 6.07) is 8.94. The number of nitrogens with zero attached hydrogens (tertiary/aromatic N) is 2. The molecule has 25 heavy (non-hydrogen) atoms. The molecule has 1 aliphatic heterocycles. The summed E-state index contributed by atoms with van der Waals surface area (Å²) in [5.74, 6) is -0.482. The van der Waals surface area contributed by atoms with Crippen LogP contribution in [0.5, 0.6) is 5.75 Å². The zero-order chi connectivity index (χ0) is 18.2. The molecule has 0 radical (unpaired) electrons. The molecule has 0 aliphatic carbocycles. The Labute approximate surface area is 145 Å². The number of aryl methyl sites for hydroxylation is 1. The summed E-state index contributed by atoms with van der Waals surface area (Å²) in [4.78, 5) is 11.7. The second-order valence-electron chi connectivity index (χ2n) is 6.13. The van der Waals surface area contributed by atoms with Crippen LogP contribution in [0.25, 0.3) is 0 Å². The molecule has 1 aromatic carbocycles. The summed E-state index contributed by atoms with van der Waals surface area (Å²) in [7, 11) is -1.93. The summed E-state index contributed by atoms with van der Waals surface area (Å²) in [5.41, 5.74) is 0.721. The fraction of sp³-hybridized carbons (Fsp3) is 0.353. The van der Waals surface area contributed by atoms with Gasteiger partial charge in [0.25, 0.3) is 5.56 Å². The van der Waals surface area contributed by atoms with Crippen molar-refractivity contribution in [3.63, 3.8) is 0 Å². The first-order valence-electron chi connectivity index (χ1n) is 7.82. The fourth-order valence-electron chi connectivity index (χ4n) is 2.60. The molecule has 1 aromatic heterocycles. The molecule has 1 aliphatic rings. The summed E-state index contributed by atoms with van der Waals surface area (Å²) < 4.78 is 46.7. The number of aromatic nitrogens is 1. The quantitative estimate of drug-likeness (QED) is 0.803. The Kier molecular flexibility index (Phi) is 4.66. The third kappa shape index (κ3) is 3.74. The Balaban J connectivity index is 1.62. The maximum absolute atomic E-state index is 13.6. The lowest BCUT2D eigenvalue weighted by Crippen LogP contribution is -2.56. The Hall–Kier alpha value is -2.19. The molecule has 1 saturated heterocycles. The zero-order valence-corrected chi connectivity index (χ0v) is 14.8. The minimum atomic E-state index is -3.60. The van der Waals surface area contributed by atoms with Crippen LogP contribution < -0.4 is 10.3 Å². The molecule has 0 amide bonds. The molecular weight excluding hydrogens is 347 g/mol. The van der Waals surface area contributed by atoms with Crippen LogP contribution >= 0.6 is 0 Å². The predicted molar refractivity (Wildman–Crippen MR) is 91.4 cm³/mol. The van der Waals surface area contributed by atoms with Crippen molar-refractivity contribution in [1.82, 2.24) is 8.87 Å². The van der Waals surface area contributed by atoms with Crippen LogP contribution in [0, 0.1) is 12.7 Å². The van der Waals surface area contributed by atoms with Crippen molar-refractivity contribution in [1.29, 1.82) is 0 Å². The van der Waals surface area contributed by atoms with Gasteiger partial charge in [0.1, 0.15) is 17.7 Å². The van der Waals surface area contributed by atoms with Crippen molar-refractivity contribution in [2.75, 3.05) is 13.1 Å². The monoisotopic (exact) mass is 366 g/mol. The van der Waals surface area contributed by atoms with Crippen LogP contribution in [0.1, 0.15) is 11.3 Å². The van der Waals surface area contributed by atoms with Gasteiger partial charge in [0.15, 0.2) is 0 Å². The maximum atomic E-state index is 13.6. The standard InChI is InChI=1S/C17H19FN2O4S/c1-12-7-14(8-17(21)19(12)2)24-15-9-20(10-15)25(22,23)11-13-5-3-4-6-16(13)18/h3-8,15H,9-11H2,1-2H3. The number of hydrogen-bond acceptors (Lipinski definition) is 4. The molecule has 0 saturated carbocycles. The predicted octanol–water partition coefficient (Wildman–Crippen LogP) is 1.43. The number of benzene rings is 1. The Morgan fingerprint density at radius 3 is 2.56 bits per heavy atom. The van der Waals surface area contributed by atoms with Gasteiger partial charge in [0.2, 0.25) is 10.0 Å². The number of halogens is 1. The van der Waals surface area contributed by atoms with Gasteiger partial charge in [-0.05, 0) is 19.1 Å². The van der Waals surface area contributed by atoms with Crippen LogP contribution in [0.4, 0.5) is 4.39 Å². The van der Waals surface area contributed by atoms with E-state index in [1.54, 1.807) is 26.1 Å². The first kappa shape index (κ1) is 17.6. The lowest BCUT2D eigenvalue weighted by atomic mass is 10.2. The molecule has 134 valence electrons. The molecule has 1 fully saturated rings. The lowest BCUT2D eigenvalue weighted by molar-refractivity contribution is 0.0757. The van der Waals surface area contributed by atoms with E-state index >= 15 is 0 Å². The molecule has 2 heterocycles. The number of hydrogen-bond donors (Lipinski definition) is 0. The topological polar surface area (TPSA) is 68.6 Å². The Morgan fingerprint density at radius 1 is 1.24 bits per heavy atom. The highest BCUT2D eigenvalue weighted by Gasteiger charge is 2.37. The number of sulfonamides is 1. The van der Waals surface area contributed by atoms with E-state index in [2.05, 4.69) is 0 Å². The highest BCUT2D eigenvalue weighted by molar-refractivity contribution is 7.88. The molecule has 0 bridgehead atoms. The van der Waals surface area contributed by atoms with Crippen LogP contribution in [0.15, 0.2) is 41.2 Å². The van der Waals surface area contributed by atoms with Crippen LogP contribution in [-0.2, 0) is 22.8 Å². The highest BCUT2D eigenvalue weighted by Crippen LogP contribution is 2.23. The zero-order valence-electron chi connectivity index (χ0n) is 14.0. The second-order valence-corrected chi connectivity index (χ2v) is 8.10. The van der Waals surface area contributed by atoms with Crippen molar-refractivity contribution >= 4 is 10.0 Å². The number of ether oxygens (including phenoxy) is 1. The van der Waals surface area contributed by atoms with Gasteiger partial charge in [-0.2, -0.15) is 4.31 Å².